The van der Waals surface area contributed by atoms with E-state index in [0.29, 0.717) is 13.8 Å². The third kappa shape index (κ3) is 2.78. The van der Waals surface area contributed by atoms with Gasteiger partial charge >= 0.3 is 17.7 Å². The molecule has 0 saturated heterocycles. The Morgan fingerprint density at radius 1 is 1.27 bits per heavy atom. The van der Waals surface area contributed by atoms with Crippen molar-refractivity contribution in [3.63, 3.8) is 0 Å². The summed E-state index contributed by atoms with van der Waals surface area (Å²) in [5.41, 5.74) is 0. The zero-order chi connectivity index (χ0) is 9.28. The van der Waals surface area contributed by atoms with E-state index in [0.717, 1.165) is 6.92 Å². The van der Waals surface area contributed by atoms with Crippen molar-refractivity contribution < 1.29 is 22.7 Å². The summed E-state index contributed by atoms with van der Waals surface area (Å²) in [6.45, 7) is 1.72. The van der Waals surface area contributed by atoms with Crippen LogP contribution < -0.4 is 0 Å². The maximum absolute atomic E-state index is 12.7. The fraction of sp³-hybridized carbons (Fsp3) is 0.833. The van der Waals surface area contributed by atoms with Crippen molar-refractivity contribution in [3.8, 4) is 0 Å². The molecular formula is C6H9F3O2. The SMILES string of the molecule is CC(=O)OC(C)(F)C(C)(F)F. The number of hydrogen-bond acceptors (Lipinski definition) is 2. The molecule has 0 amide bonds. The fourth-order valence-corrected chi connectivity index (χ4v) is 0.360. The number of hydrogen-bond donors (Lipinski definition) is 0. The summed E-state index contributed by atoms with van der Waals surface area (Å²) in [7, 11) is 0. The zero-order valence-electron chi connectivity index (χ0n) is 6.45. The number of alkyl halides is 3. The average molecular weight is 170 g/mol. The topological polar surface area (TPSA) is 26.3 Å². The van der Waals surface area contributed by atoms with E-state index in [9.17, 15) is 18.0 Å². The van der Waals surface area contributed by atoms with Crippen LogP contribution in [0.4, 0.5) is 13.2 Å². The summed E-state index contributed by atoms with van der Waals surface area (Å²) in [4.78, 5) is 10.1. The molecule has 1 atom stereocenters. The molecule has 0 aliphatic carbocycles. The van der Waals surface area contributed by atoms with Crippen LogP contribution in [0.3, 0.4) is 0 Å². The summed E-state index contributed by atoms with van der Waals surface area (Å²) in [6, 6.07) is 0. The Kier molecular flexibility index (Phi) is 2.53. The number of ether oxygens (including phenoxy) is 1. The lowest BCUT2D eigenvalue weighted by Gasteiger charge is -2.25. The van der Waals surface area contributed by atoms with Crippen molar-refractivity contribution in [2.24, 2.45) is 0 Å². The van der Waals surface area contributed by atoms with Crippen molar-refractivity contribution in [2.45, 2.75) is 32.5 Å². The minimum atomic E-state index is -3.68. The molecule has 0 fully saturated rings. The van der Waals surface area contributed by atoms with E-state index in [1.807, 2.05) is 0 Å². The molecule has 0 radical (unpaired) electrons. The van der Waals surface area contributed by atoms with Gasteiger partial charge in [0.15, 0.2) is 0 Å². The van der Waals surface area contributed by atoms with Crippen LogP contribution in [-0.4, -0.2) is 17.7 Å². The van der Waals surface area contributed by atoms with Gasteiger partial charge in [-0.3, -0.25) is 4.79 Å². The van der Waals surface area contributed by atoms with Gasteiger partial charge in [-0.1, -0.05) is 0 Å². The average Bonchev–Trinajstić information content (AvgIpc) is 1.56. The highest BCUT2D eigenvalue weighted by atomic mass is 19.3. The first-order valence-electron chi connectivity index (χ1n) is 2.93. The van der Waals surface area contributed by atoms with E-state index in [-0.39, 0.29) is 0 Å². The van der Waals surface area contributed by atoms with Gasteiger partial charge in [0, 0.05) is 20.8 Å². The van der Waals surface area contributed by atoms with E-state index in [1.165, 1.54) is 0 Å². The molecule has 0 bridgehead atoms. The molecular weight excluding hydrogens is 161 g/mol. The molecule has 0 aliphatic rings. The highest BCUT2D eigenvalue weighted by molar-refractivity contribution is 5.66. The predicted molar refractivity (Wildman–Crippen MR) is 31.9 cm³/mol. The molecule has 0 aliphatic heterocycles. The first-order valence-corrected chi connectivity index (χ1v) is 2.93. The van der Waals surface area contributed by atoms with E-state index < -0.39 is 17.7 Å². The van der Waals surface area contributed by atoms with Crippen molar-refractivity contribution in [1.82, 2.24) is 0 Å². The summed E-state index contributed by atoms with van der Waals surface area (Å²) in [5, 5.41) is 0. The highest BCUT2D eigenvalue weighted by Gasteiger charge is 2.50. The van der Waals surface area contributed by atoms with Gasteiger partial charge in [0.2, 0.25) is 0 Å². The monoisotopic (exact) mass is 170 g/mol. The third-order valence-corrected chi connectivity index (χ3v) is 1.12. The van der Waals surface area contributed by atoms with Crippen LogP contribution in [0, 0.1) is 0 Å². The van der Waals surface area contributed by atoms with Gasteiger partial charge in [0.05, 0.1) is 0 Å². The lowest BCUT2D eigenvalue weighted by atomic mass is 10.2. The Balaban J connectivity index is 4.34. The van der Waals surface area contributed by atoms with Crippen LogP contribution in [0.1, 0.15) is 20.8 Å². The second-order valence-electron chi connectivity index (χ2n) is 2.40. The lowest BCUT2D eigenvalue weighted by Crippen LogP contribution is -2.42. The van der Waals surface area contributed by atoms with E-state index >= 15 is 0 Å². The molecule has 0 aromatic heterocycles. The number of esters is 1. The molecule has 0 heterocycles. The third-order valence-electron chi connectivity index (χ3n) is 1.12. The molecule has 0 aromatic rings. The molecule has 66 valence electrons. The molecule has 0 N–H and O–H groups in total. The zero-order valence-corrected chi connectivity index (χ0v) is 6.45. The van der Waals surface area contributed by atoms with Crippen LogP contribution in [-0.2, 0) is 9.53 Å². The maximum Gasteiger partial charge on any atom is 0.313 e. The smallest absolute Gasteiger partial charge is 0.313 e. The van der Waals surface area contributed by atoms with Crippen LogP contribution in [0.2, 0.25) is 0 Å². The predicted octanol–water partition coefficient (Wildman–Crippen LogP) is 1.89. The van der Waals surface area contributed by atoms with Crippen molar-refractivity contribution >= 4 is 5.97 Å². The Labute approximate surface area is 62.3 Å². The lowest BCUT2D eigenvalue weighted by molar-refractivity contribution is -0.249. The maximum atomic E-state index is 12.7. The summed E-state index contributed by atoms with van der Waals surface area (Å²) >= 11 is 0. The Morgan fingerprint density at radius 3 is 1.73 bits per heavy atom. The minimum Gasteiger partial charge on any atom is -0.422 e. The van der Waals surface area contributed by atoms with Crippen LogP contribution in [0.5, 0.6) is 0 Å². The van der Waals surface area contributed by atoms with Crippen LogP contribution in [0.15, 0.2) is 0 Å². The van der Waals surface area contributed by atoms with Gasteiger partial charge in [-0.25, -0.2) is 0 Å². The van der Waals surface area contributed by atoms with Gasteiger partial charge in [-0.05, 0) is 0 Å². The number of carbonyl (C=O) groups excluding carboxylic acids is 1. The van der Waals surface area contributed by atoms with Gasteiger partial charge in [-0.15, -0.1) is 0 Å². The van der Waals surface area contributed by atoms with Crippen molar-refractivity contribution in [1.29, 1.82) is 0 Å². The van der Waals surface area contributed by atoms with Gasteiger partial charge < -0.3 is 4.74 Å². The largest absolute Gasteiger partial charge is 0.422 e. The van der Waals surface area contributed by atoms with E-state index in [4.69, 9.17) is 0 Å². The molecule has 2 nitrogen and oxygen atoms in total. The molecule has 11 heavy (non-hydrogen) atoms. The van der Waals surface area contributed by atoms with Crippen molar-refractivity contribution in [3.05, 3.63) is 0 Å². The Hall–Kier alpha value is -0.740. The van der Waals surface area contributed by atoms with Gasteiger partial charge in [0.25, 0.3) is 0 Å². The summed E-state index contributed by atoms with van der Waals surface area (Å²) < 4.78 is 40.8. The van der Waals surface area contributed by atoms with Crippen molar-refractivity contribution in [2.75, 3.05) is 0 Å². The quantitative estimate of drug-likeness (QED) is 0.591. The summed E-state index contributed by atoms with van der Waals surface area (Å²) in [6.07, 6.45) is 0. The van der Waals surface area contributed by atoms with Crippen LogP contribution >= 0.6 is 0 Å². The molecule has 0 rings (SSSR count). The van der Waals surface area contributed by atoms with Crippen LogP contribution in [0.25, 0.3) is 0 Å². The van der Waals surface area contributed by atoms with Gasteiger partial charge in [0.1, 0.15) is 0 Å². The Morgan fingerprint density at radius 2 is 1.64 bits per heavy atom. The second kappa shape index (κ2) is 2.71. The molecule has 0 aromatic carbocycles. The molecule has 5 heteroatoms. The number of halogens is 3. The molecule has 0 spiro atoms. The number of rotatable bonds is 2. The summed E-state index contributed by atoms with van der Waals surface area (Å²) in [5.74, 6) is -7.98. The molecule has 1 unspecified atom stereocenters. The normalized spacial score (nSPS) is 17.3. The highest BCUT2D eigenvalue weighted by Crippen LogP contribution is 2.32. The van der Waals surface area contributed by atoms with Gasteiger partial charge in [-0.2, -0.15) is 13.2 Å². The second-order valence-corrected chi connectivity index (χ2v) is 2.40. The first-order chi connectivity index (χ1) is 4.67. The standard InChI is InChI=1S/C6H9F3O2/c1-4(10)11-6(3,9)5(2,7)8/h1-3H3. The first kappa shape index (κ1) is 10.3. The fourth-order valence-electron chi connectivity index (χ4n) is 0.360. The van der Waals surface area contributed by atoms with E-state index in [1.54, 1.807) is 0 Å². The number of carbonyl (C=O) groups is 1. The molecule has 0 saturated carbocycles. The van der Waals surface area contributed by atoms with E-state index in [2.05, 4.69) is 4.74 Å². The Bertz CT molecular complexity index is 160. The minimum absolute atomic E-state index is 0.343.